The van der Waals surface area contributed by atoms with E-state index in [1.807, 2.05) is 7.05 Å². The first-order chi connectivity index (χ1) is 9.74. The van der Waals surface area contributed by atoms with Crippen molar-refractivity contribution in [2.75, 3.05) is 12.4 Å². The minimum atomic E-state index is 0.158. The molecule has 0 aliphatic heterocycles. The Labute approximate surface area is 139 Å². The van der Waals surface area contributed by atoms with Gasteiger partial charge in [-0.05, 0) is 39.4 Å². The van der Waals surface area contributed by atoms with Crippen LogP contribution in [0.3, 0.4) is 0 Å². The van der Waals surface area contributed by atoms with Crippen molar-refractivity contribution < 1.29 is 0 Å². The number of nitrogens with one attached hydrogen (secondary N) is 1. The second-order valence-electron chi connectivity index (χ2n) is 6.41. The van der Waals surface area contributed by atoms with Gasteiger partial charge in [0.05, 0.1) is 15.0 Å². The smallest absolute Gasteiger partial charge is 0.171 e. The summed E-state index contributed by atoms with van der Waals surface area (Å²) in [5, 5.41) is 3.14. The second-order valence-corrected chi connectivity index (χ2v) is 8.29. The van der Waals surface area contributed by atoms with E-state index < -0.39 is 0 Å². The van der Waals surface area contributed by atoms with Gasteiger partial charge in [0.15, 0.2) is 5.82 Å². The van der Waals surface area contributed by atoms with Gasteiger partial charge in [-0.3, -0.25) is 0 Å². The van der Waals surface area contributed by atoms with Crippen LogP contribution in [0.1, 0.15) is 51.1 Å². The van der Waals surface area contributed by atoms with Crippen molar-refractivity contribution in [1.82, 2.24) is 9.97 Å². The zero-order chi connectivity index (χ0) is 15.8. The van der Waals surface area contributed by atoms with Crippen molar-refractivity contribution >= 4 is 33.1 Å². The highest BCUT2D eigenvalue weighted by Crippen LogP contribution is 2.36. The van der Waals surface area contributed by atoms with Crippen LogP contribution < -0.4 is 5.32 Å². The zero-order valence-electron chi connectivity index (χ0n) is 13.4. The van der Waals surface area contributed by atoms with Crippen LogP contribution in [0.25, 0.3) is 10.7 Å². The maximum Gasteiger partial charge on any atom is 0.171 e. The summed E-state index contributed by atoms with van der Waals surface area (Å²) in [4.78, 5) is 11.9. The van der Waals surface area contributed by atoms with Crippen LogP contribution in [0.15, 0.2) is 16.6 Å². The molecule has 0 amide bonds. The third-order valence-electron chi connectivity index (χ3n) is 3.23. The van der Waals surface area contributed by atoms with E-state index in [0.717, 1.165) is 26.7 Å². The Morgan fingerprint density at radius 2 is 1.86 bits per heavy atom. The Morgan fingerprint density at radius 3 is 2.33 bits per heavy atom. The summed E-state index contributed by atoms with van der Waals surface area (Å²) in [6, 6.07) is 4.30. The first-order valence-corrected chi connectivity index (χ1v) is 8.71. The number of halogens is 1. The fourth-order valence-corrected chi connectivity index (χ4v) is 3.82. The summed E-state index contributed by atoms with van der Waals surface area (Å²) >= 11 is 5.37. The van der Waals surface area contributed by atoms with Gasteiger partial charge in [0.1, 0.15) is 5.82 Å². The largest absolute Gasteiger partial charge is 0.372 e. The maximum absolute atomic E-state index is 4.76. The molecular formula is C16H22BrN3S. The van der Waals surface area contributed by atoms with Crippen LogP contribution in [0.5, 0.6) is 0 Å². The quantitative estimate of drug-likeness (QED) is 0.785. The average molecular weight is 368 g/mol. The van der Waals surface area contributed by atoms with Gasteiger partial charge in [-0.1, -0.05) is 34.6 Å². The van der Waals surface area contributed by atoms with E-state index in [0.29, 0.717) is 5.92 Å². The lowest BCUT2D eigenvalue weighted by Gasteiger charge is -2.15. The maximum atomic E-state index is 4.76. The molecule has 3 nitrogen and oxygen atoms in total. The van der Waals surface area contributed by atoms with E-state index in [-0.39, 0.29) is 5.41 Å². The molecule has 0 aromatic carbocycles. The van der Waals surface area contributed by atoms with Crippen molar-refractivity contribution in [3.8, 4) is 10.7 Å². The summed E-state index contributed by atoms with van der Waals surface area (Å²) < 4.78 is 0.955. The molecule has 2 aromatic heterocycles. The topological polar surface area (TPSA) is 37.8 Å². The van der Waals surface area contributed by atoms with Crippen molar-refractivity contribution in [2.24, 2.45) is 0 Å². The fourth-order valence-electron chi connectivity index (χ4n) is 1.98. The molecule has 0 atom stereocenters. The number of hydrogen-bond donors (Lipinski definition) is 1. The molecule has 0 saturated carbocycles. The molecule has 21 heavy (non-hydrogen) atoms. The van der Waals surface area contributed by atoms with Crippen LogP contribution in [-0.4, -0.2) is 17.0 Å². The molecule has 2 heterocycles. The number of aromatic nitrogens is 2. The molecule has 5 heteroatoms. The Balaban J connectivity index is 2.54. The predicted molar refractivity (Wildman–Crippen MR) is 95.4 cm³/mol. The molecule has 0 spiro atoms. The lowest BCUT2D eigenvalue weighted by molar-refractivity contribution is 0.604. The molecule has 0 unspecified atom stereocenters. The van der Waals surface area contributed by atoms with E-state index >= 15 is 0 Å². The molecule has 1 N–H and O–H groups in total. The fraction of sp³-hybridized carbons (Fsp3) is 0.500. The van der Waals surface area contributed by atoms with E-state index in [2.05, 4.69) is 73.0 Å². The van der Waals surface area contributed by atoms with Crippen LogP contribution in [0.2, 0.25) is 0 Å². The normalized spacial score (nSPS) is 12.0. The van der Waals surface area contributed by atoms with Gasteiger partial charge in [-0.15, -0.1) is 11.3 Å². The third kappa shape index (κ3) is 3.46. The minimum absolute atomic E-state index is 0.158. The lowest BCUT2D eigenvalue weighted by Crippen LogP contribution is -2.07. The molecule has 0 saturated heterocycles. The SMILES string of the molecule is CNc1nc(-c2ccc(C(C)(C)C)s2)nc(C(C)C)c1Br. The first kappa shape index (κ1) is 16.4. The Morgan fingerprint density at radius 1 is 1.19 bits per heavy atom. The van der Waals surface area contributed by atoms with Gasteiger partial charge in [0, 0.05) is 11.9 Å². The number of rotatable bonds is 3. The molecule has 0 aliphatic carbocycles. The summed E-state index contributed by atoms with van der Waals surface area (Å²) in [6.45, 7) is 11.0. The van der Waals surface area contributed by atoms with Crippen molar-refractivity contribution in [1.29, 1.82) is 0 Å². The highest BCUT2D eigenvalue weighted by Gasteiger charge is 2.19. The van der Waals surface area contributed by atoms with Crippen LogP contribution >= 0.6 is 27.3 Å². The summed E-state index contributed by atoms with van der Waals surface area (Å²) in [6.07, 6.45) is 0. The lowest BCUT2D eigenvalue weighted by atomic mass is 9.95. The summed E-state index contributed by atoms with van der Waals surface area (Å²) in [5.74, 6) is 1.98. The molecule has 0 fully saturated rings. The van der Waals surface area contributed by atoms with Gasteiger partial charge in [-0.25, -0.2) is 9.97 Å². The number of thiophene rings is 1. The molecule has 0 bridgehead atoms. The number of hydrogen-bond acceptors (Lipinski definition) is 4. The number of anilines is 1. The second kappa shape index (κ2) is 6.05. The number of nitrogens with zero attached hydrogens (tertiary/aromatic N) is 2. The van der Waals surface area contributed by atoms with Crippen molar-refractivity contribution in [3.63, 3.8) is 0 Å². The zero-order valence-corrected chi connectivity index (χ0v) is 15.8. The summed E-state index contributed by atoms with van der Waals surface area (Å²) in [5.41, 5.74) is 1.19. The standard InChI is InChI=1S/C16H22BrN3S/c1-9(2)13-12(17)15(18-6)20-14(19-13)10-7-8-11(21-10)16(3,4)5/h7-9H,1-6H3,(H,18,19,20). The third-order valence-corrected chi connectivity index (χ3v) is 5.51. The van der Waals surface area contributed by atoms with E-state index in [1.54, 1.807) is 11.3 Å². The van der Waals surface area contributed by atoms with Crippen molar-refractivity contribution in [3.05, 3.63) is 27.2 Å². The van der Waals surface area contributed by atoms with Crippen LogP contribution in [-0.2, 0) is 5.41 Å². The van der Waals surface area contributed by atoms with Gasteiger partial charge in [0.2, 0.25) is 0 Å². The Hall–Kier alpha value is -0.940. The predicted octanol–water partition coefficient (Wildman–Crippen LogP) is 5.43. The summed E-state index contributed by atoms with van der Waals surface area (Å²) in [7, 11) is 1.88. The van der Waals surface area contributed by atoms with E-state index in [1.165, 1.54) is 4.88 Å². The van der Waals surface area contributed by atoms with Crippen LogP contribution in [0.4, 0.5) is 5.82 Å². The first-order valence-electron chi connectivity index (χ1n) is 7.10. The van der Waals surface area contributed by atoms with E-state index in [9.17, 15) is 0 Å². The molecule has 0 radical (unpaired) electrons. The molecular weight excluding hydrogens is 346 g/mol. The van der Waals surface area contributed by atoms with Gasteiger partial charge in [0.25, 0.3) is 0 Å². The van der Waals surface area contributed by atoms with Gasteiger partial charge >= 0.3 is 0 Å². The Kier molecular flexibility index (Phi) is 4.73. The Bertz CT molecular complexity index is 641. The van der Waals surface area contributed by atoms with Gasteiger partial charge in [-0.2, -0.15) is 0 Å². The highest BCUT2D eigenvalue weighted by molar-refractivity contribution is 9.10. The van der Waals surface area contributed by atoms with Crippen molar-refractivity contribution in [2.45, 2.75) is 46.0 Å². The van der Waals surface area contributed by atoms with E-state index in [4.69, 9.17) is 4.98 Å². The minimum Gasteiger partial charge on any atom is -0.372 e. The monoisotopic (exact) mass is 367 g/mol. The average Bonchev–Trinajstić information content (AvgIpc) is 2.88. The molecule has 114 valence electrons. The molecule has 2 aromatic rings. The van der Waals surface area contributed by atoms with Crippen LogP contribution in [0, 0.1) is 0 Å². The van der Waals surface area contributed by atoms with Gasteiger partial charge < -0.3 is 5.32 Å². The molecule has 0 aliphatic rings. The highest BCUT2D eigenvalue weighted by atomic mass is 79.9. The molecule has 2 rings (SSSR count).